The Morgan fingerprint density at radius 3 is 2.56 bits per heavy atom. The second-order valence-electron chi connectivity index (χ2n) is 5.91. The number of anilines is 1. The average Bonchev–Trinajstić information content (AvgIpc) is 2.89. The summed E-state index contributed by atoms with van der Waals surface area (Å²) < 4.78 is 24.5. The number of nitrogens with one attached hydrogen (secondary N) is 1. The maximum atomic E-state index is 12.4. The second kappa shape index (κ2) is 7.51. The summed E-state index contributed by atoms with van der Waals surface area (Å²) in [7, 11) is -1.89. The highest BCUT2D eigenvalue weighted by Crippen LogP contribution is 2.28. The third-order valence-corrected chi connectivity index (χ3v) is 6.21. The van der Waals surface area contributed by atoms with Crippen molar-refractivity contribution in [2.75, 3.05) is 5.32 Å². The van der Waals surface area contributed by atoms with Crippen LogP contribution in [-0.2, 0) is 21.9 Å². The zero-order valence-electron chi connectivity index (χ0n) is 14.5. The number of fused-ring (bicyclic) bond motifs is 1. The molecular formula is C17H17ClN4O3S2. The Hall–Kier alpha value is -2.07. The molecule has 0 aliphatic rings. The third-order valence-electron chi connectivity index (χ3n) is 3.90. The number of sulfonamides is 1. The van der Waals surface area contributed by atoms with E-state index in [0.717, 1.165) is 11.0 Å². The number of benzene rings is 2. The molecule has 3 rings (SSSR count). The van der Waals surface area contributed by atoms with Crippen LogP contribution in [0.1, 0.15) is 6.92 Å². The lowest BCUT2D eigenvalue weighted by Gasteiger charge is -2.12. The van der Waals surface area contributed by atoms with Gasteiger partial charge in [-0.05, 0) is 49.4 Å². The van der Waals surface area contributed by atoms with E-state index in [-0.39, 0.29) is 10.8 Å². The van der Waals surface area contributed by atoms with E-state index >= 15 is 0 Å². The van der Waals surface area contributed by atoms with Crippen molar-refractivity contribution < 1.29 is 13.2 Å². The molecule has 3 N–H and O–H groups in total. The lowest BCUT2D eigenvalue weighted by atomic mass is 10.3. The molecule has 0 aliphatic carbocycles. The molecule has 1 unspecified atom stereocenters. The molecule has 142 valence electrons. The Bertz CT molecular complexity index is 1110. The van der Waals surface area contributed by atoms with E-state index in [1.165, 1.54) is 36.0 Å². The van der Waals surface area contributed by atoms with Crippen molar-refractivity contribution >= 4 is 56.0 Å². The first-order valence-electron chi connectivity index (χ1n) is 7.87. The number of aryl methyl sites for hydroxylation is 1. The fourth-order valence-corrected chi connectivity index (χ4v) is 4.01. The number of amides is 1. The normalized spacial score (nSPS) is 12.9. The van der Waals surface area contributed by atoms with E-state index in [4.69, 9.17) is 16.7 Å². The molecule has 0 saturated carbocycles. The standard InChI is InChI=1S/C17H17ClN4O3S2/c1-10(16(23)20-12-4-6-13(7-5-12)27(19,24)25)26-17-21-14-9-11(18)3-8-15(14)22(17)2/h3-10H,1-2H3,(H,20,23)(H2,19,24,25). The molecule has 0 spiro atoms. The van der Waals surface area contributed by atoms with Gasteiger partial charge in [0.1, 0.15) is 0 Å². The quantitative estimate of drug-likeness (QED) is 0.612. The van der Waals surface area contributed by atoms with Crippen LogP contribution in [0.25, 0.3) is 11.0 Å². The molecule has 0 bridgehead atoms. The SMILES string of the molecule is CC(Sc1nc2cc(Cl)ccc2n1C)C(=O)Nc1ccc(S(N)(=O)=O)cc1. The van der Waals surface area contributed by atoms with Gasteiger partial charge in [-0.25, -0.2) is 18.5 Å². The van der Waals surface area contributed by atoms with Crippen molar-refractivity contribution in [3.63, 3.8) is 0 Å². The predicted molar refractivity (Wildman–Crippen MR) is 107 cm³/mol. The van der Waals surface area contributed by atoms with Crippen molar-refractivity contribution in [1.29, 1.82) is 0 Å². The molecular weight excluding hydrogens is 408 g/mol. The molecule has 2 aromatic carbocycles. The maximum Gasteiger partial charge on any atom is 0.238 e. The van der Waals surface area contributed by atoms with E-state index in [2.05, 4.69) is 10.3 Å². The number of rotatable bonds is 5. The fraction of sp³-hybridized carbons (Fsp3) is 0.176. The minimum Gasteiger partial charge on any atom is -0.325 e. The van der Waals surface area contributed by atoms with Crippen molar-refractivity contribution in [2.24, 2.45) is 12.2 Å². The third kappa shape index (κ3) is 4.44. The Balaban J connectivity index is 1.72. The lowest BCUT2D eigenvalue weighted by molar-refractivity contribution is -0.115. The molecule has 1 amide bonds. The fourth-order valence-electron chi connectivity index (χ4n) is 2.44. The van der Waals surface area contributed by atoms with Gasteiger partial charge in [0.2, 0.25) is 15.9 Å². The molecule has 1 atom stereocenters. The van der Waals surface area contributed by atoms with E-state index in [9.17, 15) is 13.2 Å². The largest absolute Gasteiger partial charge is 0.325 e. The van der Waals surface area contributed by atoms with Gasteiger partial charge in [-0.15, -0.1) is 0 Å². The average molecular weight is 425 g/mol. The Morgan fingerprint density at radius 2 is 1.93 bits per heavy atom. The van der Waals surface area contributed by atoms with Gasteiger partial charge in [0.15, 0.2) is 5.16 Å². The number of halogens is 1. The topological polar surface area (TPSA) is 107 Å². The highest BCUT2D eigenvalue weighted by atomic mass is 35.5. The Kier molecular flexibility index (Phi) is 5.48. The van der Waals surface area contributed by atoms with Gasteiger partial charge >= 0.3 is 0 Å². The highest BCUT2D eigenvalue weighted by Gasteiger charge is 2.19. The molecule has 0 saturated heterocycles. The monoisotopic (exact) mass is 424 g/mol. The molecule has 3 aromatic rings. The summed E-state index contributed by atoms with van der Waals surface area (Å²) in [6.07, 6.45) is 0. The summed E-state index contributed by atoms with van der Waals surface area (Å²) in [6, 6.07) is 11.1. The van der Waals surface area contributed by atoms with E-state index in [1.54, 1.807) is 19.1 Å². The summed E-state index contributed by atoms with van der Waals surface area (Å²) in [5.74, 6) is -0.228. The zero-order valence-corrected chi connectivity index (χ0v) is 16.9. The molecule has 10 heteroatoms. The number of nitrogens with two attached hydrogens (primary N) is 1. The van der Waals surface area contributed by atoms with Gasteiger partial charge in [0.05, 0.1) is 21.2 Å². The van der Waals surface area contributed by atoms with Crippen LogP contribution in [0.3, 0.4) is 0 Å². The Labute approximate surface area is 166 Å². The molecule has 0 radical (unpaired) electrons. The Morgan fingerprint density at radius 1 is 1.26 bits per heavy atom. The number of imidazole rings is 1. The molecule has 0 aliphatic heterocycles. The van der Waals surface area contributed by atoms with Gasteiger partial charge in [0.25, 0.3) is 0 Å². The highest BCUT2D eigenvalue weighted by molar-refractivity contribution is 8.00. The van der Waals surface area contributed by atoms with Crippen LogP contribution in [0.2, 0.25) is 5.02 Å². The van der Waals surface area contributed by atoms with Crippen LogP contribution < -0.4 is 10.5 Å². The minimum atomic E-state index is -3.76. The lowest BCUT2D eigenvalue weighted by Crippen LogP contribution is -2.23. The molecule has 7 nitrogen and oxygen atoms in total. The number of thioether (sulfide) groups is 1. The first kappa shape index (κ1) is 19.7. The smallest absolute Gasteiger partial charge is 0.238 e. The van der Waals surface area contributed by atoms with Gasteiger partial charge < -0.3 is 9.88 Å². The second-order valence-corrected chi connectivity index (χ2v) is 9.21. The maximum absolute atomic E-state index is 12.4. The van der Waals surface area contributed by atoms with E-state index in [0.29, 0.717) is 15.9 Å². The first-order valence-corrected chi connectivity index (χ1v) is 10.7. The molecule has 0 fully saturated rings. The molecule has 1 heterocycles. The van der Waals surface area contributed by atoms with E-state index < -0.39 is 15.3 Å². The number of carbonyl (C=O) groups is 1. The molecule has 27 heavy (non-hydrogen) atoms. The first-order chi connectivity index (χ1) is 12.6. The van der Waals surface area contributed by atoms with Gasteiger partial charge in [-0.2, -0.15) is 0 Å². The summed E-state index contributed by atoms with van der Waals surface area (Å²) in [5, 5.41) is 8.69. The van der Waals surface area contributed by atoms with Crippen molar-refractivity contribution in [3.05, 3.63) is 47.5 Å². The number of carbonyl (C=O) groups excluding carboxylic acids is 1. The number of aromatic nitrogens is 2. The van der Waals surface area contributed by atoms with Crippen molar-refractivity contribution in [1.82, 2.24) is 9.55 Å². The minimum absolute atomic E-state index is 0.0127. The van der Waals surface area contributed by atoms with Crippen molar-refractivity contribution in [2.45, 2.75) is 22.2 Å². The van der Waals surface area contributed by atoms with Crippen molar-refractivity contribution in [3.8, 4) is 0 Å². The number of nitrogens with zero attached hydrogens (tertiary/aromatic N) is 2. The van der Waals surface area contributed by atoms with Crippen LogP contribution in [0.5, 0.6) is 0 Å². The van der Waals surface area contributed by atoms with Gasteiger partial charge in [-0.1, -0.05) is 23.4 Å². The predicted octanol–water partition coefficient (Wildman–Crippen LogP) is 2.99. The van der Waals surface area contributed by atoms with Gasteiger partial charge in [0, 0.05) is 17.8 Å². The van der Waals surface area contributed by atoms with Crippen LogP contribution in [0, 0.1) is 0 Å². The van der Waals surface area contributed by atoms with E-state index in [1.807, 2.05) is 17.7 Å². The zero-order chi connectivity index (χ0) is 19.8. The number of hydrogen-bond acceptors (Lipinski definition) is 5. The summed E-state index contributed by atoms with van der Waals surface area (Å²) in [4.78, 5) is 17.0. The molecule has 1 aromatic heterocycles. The van der Waals surface area contributed by atoms with Gasteiger partial charge in [-0.3, -0.25) is 4.79 Å². The number of hydrogen-bond donors (Lipinski definition) is 2. The summed E-state index contributed by atoms with van der Waals surface area (Å²) in [5.41, 5.74) is 2.17. The van der Waals surface area contributed by atoms with Crippen LogP contribution >= 0.6 is 23.4 Å². The summed E-state index contributed by atoms with van der Waals surface area (Å²) >= 11 is 7.32. The summed E-state index contributed by atoms with van der Waals surface area (Å²) in [6.45, 7) is 1.77. The van der Waals surface area contributed by atoms with Crippen LogP contribution in [0.15, 0.2) is 52.5 Å². The number of primary sulfonamides is 1. The van der Waals surface area contributed by atoms with Crippen LogP contribution in [-0.4, -0.2) is 29.1 Å². The van der Waals surface area contributed by atoms with Crippen LogP contribution in [0.4, 0.5) is 5.69 Å².